The highest BCUT2D eigenvalue weighted by molar-refractivity contribution is 6.31. The molecule has 0 radical (unpaired) electrons. The quantitative estimate of drug-likeness (QED) is 0.483. The van der Waals surface area contributed by atoms with Crippen LogP contribution in [0.2, 0.25) is 5.02 Å². The predicted molar refractivity (Wildman–Crippen MR) is 102 cm³/mol. The molecule has 0 atom stereocenters. The summed E-state index contributed by atoms with van der Waals surface area (Å²) in [5.41, 5.74) is 2.39. The van der Waals surface area contributed by atoms with Crippen LogP contribution >= 0.6 is 11.6 Å². The highest BCUT2D eigenvalue weighted by atomic mass is 35.5. The normalized spacial score (nSPS) is 10.4. The molecule has 1 heterocycles. The molecule has 0 bridgehead atoms. The van der Waals surface area contributed by atoms with Gasteiger partial charge in [0.15, 0.2) is 0 Å². The van der Waals surface area contributed by atoms with E-state index in [4.69, 9.17) is 11.6 Å². The Labute approximate surface area is 155 Å². The van der Waals surface area contributed by atoms with Gasteiger partial charge in [-0.05, 0) is 30.7 Å². The molecule has 0 saturated heterocycles. The molecule has 0 fully saturated rings. The number of hydrogen-bond donors (Lipinski definition) is 2. The van der Waals surface area contributed by atoms with Crippen LogP contribution in [0.1, 0.15) is 11.1 Å². The van der Waals surface area contributed by atoms with Gasteiger partial charge in [-0.3, -0.25) is 10.1 Å². The average molecular weight is 370 g/mol. The maximum Gasteiger partial charge on any atom is 0.353 e. The number of nitrogens with one attached hydrogen (secondary N) is 2. The van der Waals surface area contributed by atoms with E-state index in [1.807, 2.05) is 49.4 Å². The molecule has 2 N–H and O–H groups in total. The lowest BCUT2D eigenvalue weighted by atomic mass is 10.2. The molecule has 132 valence electrons. The average Bonchev–Trinajstić information content (AvgIpc) is 2.63. The van der Waals surface area contributed by atoms with Crippen molar-refractivity contribution in [2.45, 2.75) is 13.5 Å². The van der Waals surface area contributed by atoms with Crippen molar-refractivity contribution < 1.29 is 4.92 Å². The van der Waals surface area contributed by atoms with Crippen molar-refractivity contribution in [3.8, 4) is 0 Å². The van der Waals surface area contributed by atoms with Gasteiger partial charge in [0.2, 0.25) is 11.6 Å². The molecule has 0 aliphatic rings. The van der Waals surface area contributed by atoms with Crippen LogP contribution in [0.15, 0.2) is 54.9 Å². The van der Waals surface area contributed by atoms with Gasteiger partial charge in [0.25, 0.3) is 0 Å². The zero-order valence-electron chi connectivity index (χ0n) is 13.9. The molecule has 0 amide bonds. The first kappa shape index (κ1) is 17.6. The van der Waals surface area contributed by atoms with E-state index in [0.29, 0.717) is 17.3 Å². The van der Waals surface area contributed by atoms with Gasteiger partial charge in [-0.25, -0.2) is 9.97 Å². The van der Waals surface area contributed by atoms with Crippen LogP contribution < -0.4 is 10.6 Å². The van der Waals surface area contributed by atoms with Crippen LogP contribution in [0, 0.1) is 17.0 Å². The van der Waals surface area contributed by atoms with Gasteiger partial charge in [-0.15, -0.1) is 0 Å². The second-order valence-corrected chi connectivity index (χ2v) is 6.02. The lowest BCUT2D eigenvalue weighted by molar-refractivity contribution is -0.383. The fourth-order valence-electron chi connectivity index (χ4n) is 2.37. The predicted octanol–water partition coefficient (Wildman–Crippen LogP) is 4.70. The highest BCUT2D eigenvalue weighted by Crippen LogP contribution is 2.31. The van der Waals surface area contributed by atoms with E-state index in [9.17, 15) is 10.1 Å². The van der Waals surface area contributed by atoms with Gasteiger partial charge in [-0.2, -0.15) is 0 Å². The summed E-state index contributed by atoms with van der Waals surface area (Å²) in [6.07, 6.45) is 1.28. The van der Waals surface area contributed by atoms with E-state index in [0.717, 1.165) is 11.1 Å². The van der Waals surface area contributed by atoms with E-state index < -0.39 is 4.92 Å². The molecule has 8 heteroatoms. The molecule has 2 aromatic carbocycles. The van der Waals surface area contributed by atoms with Crippen LogP contribution in [-0.4, -0.2) is 14.9 Å². The Morgan fingerprint density at radius 3 is 2.46 bits per heavy atom. The molecule has 0 spiro atoms. The van der Waals surface area contributed by atoms with Crippen molar-refractivity contribution in [3.63, 3.8) is 0 Å². The second-order valence-electron chi connectivity index (χ2n) is 5.61. The third-order valence-electron chi connectivity index (χ3n) is 3.72. The topological polar surface area (TPSA) is 93.0 Å². The smallest absolute Gasteiger partial charge is 0.353 e. The second kappa shape index (κ2) is 7.79. The number of halogens is 1. The van der Waals surface area contributed by atoms with Crippen LogP contribution in [0.5, 0.6) is 0 Å². The number of nitro groups is 1. The Kier molecular flexibility index (Phi) is 5.28. The largest absolute Gasteiger partial charge is 0.360 e. The number of rotatable bonds is 6. The first-order chi connectivity index (χ1) is 12.5. The first-order valence-electron chi connectivity index (χ1n) is 7.85. The summed E-state index contributed by atoms with van der Waals surface area (Å²) < 4.78 is 0. The number of aromatic nitrogens is 2. The van der Waals surface area contributed by atoms with Crippen LogP contribution in [-0.2, 0) is 6.54 Å². The summed E-state index contributed by atoms with van der Waals surface area (Å²) in [5.74, 6) is 0.245. The molecule has 0 unspecified atom stereocenters. The van der Waals surface area contributed by atoms with Gasteiger partial charge in [0.1, 0.15) is 6.33 Å². The zero-order chi connectivity index (χ0) is 18.5. The maximum absolute atomic E-state index is 11.6. The lowest BCUT2D eigenvalue weighted by Gasteiger charge is -2.11. The molecule has 3 aromatic rings. The van der Waals surface area contributed by atoms with E-state index in [1.54, 1.807) is 6.07 Å². The third kappa shape index (κ3) is 4.07. The van der Waals surface area contributed by atoms with Crippen molar-refractivity contribution in [1.82, 2.24) is 9.97 Å². The molecule has 1 aromatic heterocycles. The molecule has 0 aliphatic heterocycles. The molecule has 0 saturated carbocycles. The summed E-state index contributed by atoms with van der Waals surface area (Å²) >= 11 is 6.13. The Hall–Kier alpha value is -3.19. The molecule has 7 nitrogen and oxygen atoms in total. The van der Waals surface area contributed by atoms with E-state index in [1.165, 1.54) is 6.33 Å². The summed E-state index contributed by atoms with van der Waals surface area (Å²) in [5, 5.41) is 18.1. The molecule has 26 heavy (non-hydrogen) atoms. The fraction of sp³-hybridized carbons (Fsp3) is 0.111. The minimum absolute atomic E-state index is 0.121. The summed E-state index contributed by atoms with van der Waals surface area (Å²) in [6, 6.07) is 14.8. The van der Waals surface area contributed by atoms with E-state index >= 15 is 0 Å². The van der Waals surface area contributed by atoms with Gasteiger partial charge in [-0.1, -0.05) is 47.5 Å². The minimum Gasteiger partial charge on any atom is -0.360 e. The zero-order valence-corrected chi connectivity index (χ0v) is 14.7. The van der Waals surface area contributed by atoms with Gasteiger partial charge in [0.05, 0.1) is 4.92 Å². The lowest BCUT2D eigenvalue weighted by Crippen LogP contribution is -2.08. The Morgan fingerprint density at radius 1 is 1.08 bits per heavy atom. The summed E-state index contributed by atoms with van der Waals surface area (Å²) in [6.45, 7) is 2.27. The maximum atomic E-state index is 11.6. The number of hydrogen-bond acceptors (Lipinski definition) is 6. The van der Waals surface area contributed by atoms with Crippen LogP contribution in [0.4, 0.5) is 23.0 Å². The number of aryl methyl sites for hydroxylation is 1. The fourth-order valence-corrected chi connectivity index (χ4v) is 2.57. The first-order valence-corrected chi connectivity index (χ1v) is 8.23. The molecule has 3 rings (SSSR count). The minimum atomic E-state index is -0.508. The van der Waals surface area contributed by atoms with Crippen LogP contribution in [0.25, 0.3) is 0 Å². The third-order valence-corrected chi connectivity index (χ3v) is 4.09. The van der Waals surface area contributed by atoms with Crippen molar-refractivity contribution in [1.29, 1.82) is 0 Å². The molecular weight excluding hydrogens is 354 g/mol. The summed E-state index contributed by atoms with van der Waals surface area (Å²) in [7, 11) is 0. The number of anilines is 3. The summed E-state index contributed by atoms with van der Waals surface area (Å²) in [4.78, 5) is 19.1. The van der Waals surface area contributed by atoms with Gasteiger partial charge < -0.3 is 10.6 Å². The van der Waals surface area contributed by atoms with Crippen molar-refractivity contribution in [3.05, 3.63) is 81.1 Å². The molecular formula is C18H16ClN5O2. The Bertz CT molecular complexity index is 931. The number of benzene rings is 2. The van der Waals surface area contributed by atoms with E-state index in [-0.39, 0.29) is 17.3 Å². The standard InChI is InChI=1S/C18H16ClN5O2/c1-12-6-8-14(9-7-12)23-18-16(24(25)26)17(21-11-22-18)20-10-13-4-2-3-5-15(13)19/h2-9,11H,10H2,1H3,(H2,20,21,22,23). The Balaban J connectivity index is 1.87. The van der Waals surface area contributed by atoms with Crippen molar-refractivity contribution >= 4 is 34.6 Å². The van der Waals surface area contributed by atoms with Crippen LogP contribution in [0.3, 0.4) is 0 Å². The SMILES string of the molecule is Cc1ccc(Nc2ncnc(NCc3ccccc3Cl)c2[N+](=O)[O-])cc1. The van der Waals surface area contributed by atoms with E-state index in [2.05, 4.69) is 20.6 Å². The van der Waals surface area contributed by atoms with Gasteiger partial charge >= 0.3 is 5.69 Å². The Morgan fingerprint density at radius 2 is 1.77 bits per heavy atom. The van der Waals surface area contributed by atoms with Crippen molar-refractivity contribution in [2.75, 3.05) is 10.6 Å². The molecule has 0 aliphatic carbocycles. The van der Waals surface area contributed by atoms with Gasteiger partial charge in [0, 0.05) is 17.3 Å². The van der Waals surface area contributed by atoms with Crippen molar-refractivity contribution in [2.24, 2.45) is 0 Å². The number of nitrogens with zero attached hydrogens (tertiary/aromatic N) is 3. The highest BCUT2D eigenvalue weighted by Gasteiger charge is 2.23. The monoisotopic (exact) mass is 369 g/mol.